The summed E-state index contributed by atoms with van der Waals surface area (Å²) in [4.78, 5) is 11.6. The van der Waals surface area contributed by atoms with Crippen LogP contribution in [0.5, 0.6) is 17.2 Å². The number of carboxylic acid groups (broad SMARTS) is 1. The molecular weight excluding hydrogens is 480 g/mol. The van der Waals surface area contributed by atoms with Gasteiger partial charge in [-0.1, -0.05) is 37.6 Å². The van der Waals surface area contributed by atoms with E-state index >= 15 is 0 Å². The zero-order valence-electron chi connectivity index (χ0n) is 18.8. The highest BCUT2D eigenvalue weighted by molar-refractivity contribution is 7.93. The lowest BCUT2D eigenvalue weighted by atomic mass is 10.1. The summed E-state index contributed by atoms with van der Waals surface area (Å²) in [5, 5.41) is 12.7. The molecule has 0 aliphatic heterocycles. The monoisotopic (exact) mass is 505 g/mol. The molecular formula is C24H25F2N3O5S. The second-order valence-corrected chi connectivity index (χ2v) is 9.17. The van der Waals surface area contributed by atoms with Gasteiger partial charge in [0.05, 0.1) is 16.9 Å². The van der Waals surface area contributed by atoms with Crippen LogP contribution in [0.4, 0.5) is 20.2 Å². The van der Waals surface area contributed by atoms with Crippen LogP contribution in [0.1, 0.15) is 30.1 Å². The fraction of sp³-hybridized carbons (Fsp3) is 0.208. The number of para-hydroxylation sites is 1. The Kier molecular flexibility index (Phi) is 8.48. The number of anilines is 2. The Hall–Kier alpha value is -3.86. The van der Waals surface area contributed by atoms with Gasteiger partial charge in [0.1, 0.15) is 16.4 Å². The maximum Gasteiger partial charge on any atom is 0.387 e. The molecule has 0 radical (unpaired) electrons. The zero-order chi connectivity index (χ0) is 25.4. The van der Waals surface area contributed by atoms with Crippen molar-refractivity contribution in [3.8, 4) is 17.2 Å². The third-order valence-electron chi connectivity index (χ3n) is 4.74. The van der Waals surface area contributed by atoms with E-state index in [0.717, 1.165) is 18.9 Å². The summed E-state index contributed by atoms with van der Waals surface area (Å²) in [7, 11) is -3.94. The van der Waals surface area contributed by atoms with Gasteiger partial charge in [-0.05, 0) is 42.8 Å². The Labute approximate surface area is 202 Å². The topological polar surface area (TPSA) is 121 Å². The molecule has 4 N–H and O–H groups in total. The second kappa shape index (κ2) is 11.5. The first-order valence-electron chi connectivity index (χ1n) is 10.7. The number of carboxylic acids is 1. The third kappa shape index (κ3) is 7.06. The van der Waals surface area contributed by atoms with E-state index < -0.39 is 22.5 Å². The van der Waals surface area contributed by atoms with Crippen LogP contribution in [0.3, 0.4) is 0 Å². The summed E-state index contributed by atoms with van der Waals surface area (Å²) >= 11 is 0. The van der Waals surface area contributed by atoms with Crippen molar-refractivity contribution < 1.29 is 32.4 Å². The van der Waals surface area contributed by atoms with E-state index in [1.807, 2.05) is 6.92 Å². The third-order valence-corrected chi connectivity index (χ3v) is 6.19. The van der Waals surface area contributed by atoms with Gasteiger partial charge in [-0.3, -0.25) is 4.72 Å². The SMILES string of the molecule is CCCCNc1cc(C(=O)O)cc(S(=N)(=O)Nc2cccc(OC(F)F)c2)c1Oc1ccccc1. The molecule has 1 unspecified atom stereocenters. The van der Waals surface area contributed by atoms with Gasteiger partial charge in [0.25, 0.3) is 0 Å². The van der Waals surface area contributed by atoms with Crippen LogP contribution >= 0.6 is 0 Å². The largest absolute Gasteiger partial charge is 0.478 e. The first-order valence-corrected chi connectivity index (χ1v) is 12.2. The molecule has 0 saturated heterocycles. The van der Waals surface area contributed by atoms with Gasteiger partial charge in [-0.25, -0.2) is 13.8 Å². The minimum absolute atomic E-state index is 0.0183. The lowest BCUT2D eigenvalue weighted by Crippen LogP contribution is -2.15. The molecule has 186 valence electrons. The molecule has 0 aliphatic rings. The van der Waals surface area contributed by atoms with Gasteiger partial charge in [-0.2, -0.15) is 8.78 Å². The van der Waals surface area contributed by atoms with Crippen molar-refractivity contribution in [3.05, 3.63) is 72.3 Å². The van der Waals surface area contributed by atoms with E-state index in [-0.39, 0.29) is 33.3 Å². The Bertz CT molecular complexity index is 1270. The van der Waals surface area contributed by atoms with Gasteiger partial charge >= 0.3 is 12.6 Å². The van der Waals surface area contributed by atoms with Gasteiger partial charge in [0.15, 0.2) is 15.7 Å². The van der Waals surface area contributed by atoms with E-state index in [1.165, 1.54) is 30.3 Å². The van der Waals surface area contributed by atoms with Gasteiger partial charge in [0, 0.05) is 12.6 Å². The quantitative estimate of drug-likeness (QED) is 0.211. The van der Waals surface area contributed by atoms with Crippen LogP contribution in [-0.2, 0) is 9.92 Å². The van der Waals surface area contributed by atoms with E-state index in [1.54, 1.807) is 30.3 Å². The first kappa shape index (κ1) is 25.8. The predicted octanol–water partition coefficient (Wildman–Crippen LogP) is 6.42. The van der Waals surface area contributed by atoms with Crippen LogP contribution in [0, 0.1) is 4.78 Å². The Balaban J connectivity index is 2.10. The molecule has 0 spiro atoms. The number of nitrogens with one attached hydrogen (secondary N) is 3. The molecule has 0 fully saturated rings. The smallest absolute Gasteiger partial charge is 0.387 e. The van der Waals surface area contributed by atoms with Crippen molar-refractivity contribution in [2.45, 2.75) is 31.3 Å². The fourth-order valence-corrected chi connectivity index (χ4v) is 4.41. The molecule has 0 bridgehead atoms. The van der Waals surface area contributed by atoms with Crippen LogP contribution in [0.15, 0.2) is 71.6 Å². The molecule has 0 aromatic heterocycles. The maximum absolute atomic E-state index is 13.6. The molecule has 3 aromatic rings. The predicted molar refractivity (Wildman–Crippen MR) is 129 cm³/mol. The molecule has 3 rings (SSSR count). The Morgan fingerprint density at radius 1 is 1.09 bits per heavy atom. The number of alkyl halides is 2. The molecule has 1 atom stereocenters. The average molecular weight is 506 g/mol. The Morgan fingerprint density at radius 3 is 2.46 bits per heavy atom. The number of benzene rings is 3. The van der Waals surface area contributed by atoms with E-state index in [9.17, 15) is 22.9 Å². The van der Waals surface area contributed by atoms with Crippen molar-refractivity contribution in [3.63, 3.8) is 0 Å². The summed E-state index contributed by atoms with van der Waals surface area (Å²) in [5.41, 5.74) is 0.125. The van der Waals surface area contributed by atoms with E-state index in [0.29, 0.717) is 12.3 Å². The highest BCUT2D eigenvalue weighted by Gasteiger charge is 2.24. The minimum atomic E-state index is -3.94. The number of unbranched alkanes of at least 4 members (excludes halogenated alkanes) is 1. The summed E-state index contributed by atoms with van der Waals surface area (Å²) in [6.07, 6.45) is 1.66. The average Bonchev–Trinajstić information content (AvgIpc) is 2.80. The molecule has 35 heavy (non-hydrogen) atoms. The van der Waals surface area contributed by atoms with Crippen molar-refractivity contribution in [1.82, 2.24) is 0 Å². The lowest BCUT2D eigenvalue weighted by Gasteiger charge is -2.20. The summed E-state index contributed by atoms with van der Waals surface area (Å²) in [6, 6.07) is 16.3. The van der Waals surface area contributed by atoms with Crippen LogP contribution in [0.25, 0.3) is 0 Å². The fourth-order valence-electron chi connectivity index (χ4n) is 3.14. The van der Waals surface area contributed by atoms with Crippen LogP contribution < -0.4 is 19.5 Å². The van der Waals surface area contributed by atoms with Crippen molar-refractivity contribution >= 4 is 27.3 Å². The number of carbonyl (C=O) groups is 1. The molecule has 0 saturated carbocycles. The maximum atomic E-state index is 13.6. The highest BCUT2D eigenvalue weighted by atomic mass is 32.2. The second-order valence-electron chi connectivity index (χ2n) is 7.42. The summed E-state index contributed by atoms with van der Waals surface area (Å²) in [6.45, 7) is -0.571. The van der Waals surface area contributed by atoms with Crippen LogP contribution in [-0.4, -0.2) is 28.4 Å². The number of ether oxygens (including phenoxy) is 2. The first-order chi connectivity index (χ1) is 16.7. The number of halogens is 2. The summed E-state index contributed by atoms with van der Waals surface area (Å²) in [5.74, 6) is -1.07. The zero-order valence-corrected chi connectivity index (χ0v) is 19.6. The number of hydrogen-bond donors (Lipinski definition) is 4. The molecule has 3 aromatic carbocycles. The van der Waals surface area contributed by atoms with Crippen molar-refractivity contribution in [1.29, 1.82) is 4.78 Å². The number of hydrogen-bond acceptors (Lipinski definition) is 6. The highest BCUT2D eigenvalue weighted by Crippen LogP contribution is 2.39. The summed E-state index contributed by atoms with van der Waals surface area (Å²) < 4.78 is 60.3. The molecule has 0 heterocycles. The van der Waals surface area contributed by atoms with Gasteiger partial charge < -0.3 is 19.9 Å². The van der Waals surface area contributed by atoms with E-state index in [4.69, 9.17) is 9.52 Å². The van der Waals surface area contributed by atoms with Crippen molar-refractivity contribution in [2.75, 3.05) is 16.6 Å². The van der Waals surface area contributed by atoms with Crippen molar-refractivity contribution in [2.24, 2.45) is 0 Å². The molecule has 0 amide bonds. The normalized spacial score (nSPS) is 12.6. The standard InChI is InChI=1S/C24H25F2N3O5S/c1-2-3-12-28-20-13-16(23(30)31)14-21(22(20)33-18-9-5-4-6-10-18)35(27,32)29-17-8-7-11-19(15-17)34-24(25)26/h4-11,13-15,24,28H,2-3,12H2,1H3,(H,30,31)(H2,27,29,32). The lowest BCUT2D eigenvalue weighted by molar-refractivity contribution is -0.0498. The van der Waals surface area contributed by atoms with Gasteiger partial charge in [0.2, 0.25) is 0 Å². The number of rotatable bonds is 12. The van der Waals surface area contributed by atoms with Gasteiger partial charge in [-0.15, -0.1) is 0 Å². The van der Waals surface area contributed by atoms with E-state index in [2.05, 4.69) is 14.8 Å². The number of aromatic carboxylic acids is 1. The minimum Gasteiger partial charge on any atom is -0.478 e. The van der Waals surface area contributed by atoms with Crippen LogP contribution in [0.2, 0.25) is 0 Å². The molecule has 0 aliphatic carbocycles. The Morgan fingerprint density at radius 2 is 1.80 bits per heavy atom. The molecule has 11 heteroatoms. The molecule has 8 nitrogen and oxygen atoms in total.